The average molecular weight is 994 g/mol. The molecule has 0 saturated carbocycles. The van der Waals surface area contributed by atoms with Gasteiger partial charge < -0.3 is 32.4 Å². The number of nitrogens with zero attached hydrogens (tertiary/aromatic N) is 3. The summed E-state index contributed by atoms with van der Waals surface area (Å²) in [6, 6.07) is 62.2. The van der Waals surface area contributed by atoms with E-state index in [2.05, 4.69) is 37.3 Å². The summed E-state index contributed by atoms with van der Waals surface area (Å²) in [6.07, 6.45) is 0.189. The molecule has 0 aliphatic rings. The van der Waals surface area contributed by atoms with Crippen molar-refractivity contribution < 1.29 is 19.2 Å². The molecule has 3 heterocycles. The number of Topliss-reactive ketones (excluding diaryl/α,β-unsaturated/α-hetero) is 2. The maximum Gasteiger partial charge on any atom is 0.255 e. The van der Waals surface area contributed by atoms with Gasteiger partial charge in [-0.05, 0) is 121 Å². The molecular weight excluding hydrogens is 944 g/mol. The zero-order chi connectivity index (χ0) is 50.8. The minimum atomic E-state index is -0.218. The Morgan fingerprint density at radius 3 is 1.49 bits per heavy atom. The molecule has 0 saturated heterocycles. The number of hydrogen-bond donors (Lipinski definition) is 5. The second-order valence-corrected chi connectivity index (χ2v) is 16.9. The Kier molecular flexibility index (Phi) is 18.0. The molecule has 360 valence electrons. The van der Waals surface area contributed by atoms with Crippen LogP contribution in [0.3, 0.4) is 0 Å². The van der Waals surface area contributed by atoms with Gasteiger partial charge in [-0.25, -0.2) is 9.97 Å². The molecule has 0 radical (unpaired) electrons. The highest BCUT2D eigenvalue weighted by molar-refractivity contribution is 6.34. The van der Waals surface area contributed by atoms with E-state index in [0.29, 0.717) is 62.7 Å². The highest BCUT2D eigenvalue weighted by Gasteiger charge is 2.17. The minimum Gasteiger partial charge on any atom is -0.384 e. The second kappa shape index (κ2) is 25.3. The quantitative estimate of drug-likeness (QED) is 0.0657. The van der Waals surface area contributed by atoms with Crippen LogP contribution in [0.2, 0.25) is 10.0 Å². The maximum atomic E-state index is 12.5. The van der Waals surface area contributed by atoms with Crippen molar-refractivity contribution in [3.63, 3.8) is 0 Å². The van der Waals surface area contributed by atoms with Crippen molar-refractivity contribution in [2.24, 2.45) is 5.73 Å². The third kappa shape index (κ3) is 14.2. The number of nitrogens with two attached hydrogens (primary N) is 3. The monoisotopic (exact) mass is 992 g/mol. The highest BCUT2D eigenvalue weighted by Crippen LogP contribution is 2.34. The van der Waals surface area contributed by atoms with E-state index < -0.39 is 0 Å². The summed E-state index contributed by atoms with van der Waals surface area (Å²) in [5, 5.41) is 6.80. The number of halogens is 2. The summed E-state index contributed by atoms with van der Waals surface area (Å²) < 4.78 is 2.18. The van der Waals surface area contributed by atoms with Crippen LogP contribution in [0.15, 0.2) is 206 Å². The Bertz CT molecular complexity index is 3280. The number of amides is 2. The molecule has 12 nitrogen and oxygen atoms in total. The van der Waals surface area contributed by atoms with Gasteiger partial charge in [0, 0.05) is 69.3 Å². The van der Waals surface area contributed by atoms with Crippen LogP contribution in [0.4, 0.5) is 23.0 Å². The first-order chi connectivity index (χ1) is 34.9. The van der Waals surface area contributed by atoms with Crippen LogP contribution in [0.1, 0.15) is 65.7 Å². The number of aromatic nitrogens is 3. The molecule has 0 aliphatic carbocycles. The summed E-state index contributed by atoms with van der Waals surface area (Å²) in [7, 11) is 0. The van der Waals surface area contributed by atoms with E-state index in [0.717, 1.165) is 39.6 Å². The number of carbonyl (C=O) groups excluding carboxylic acids is 4. The van der Waals surface area contributed by atoms with Crippen LogP contribution in [0, 0.1) is 0 Å². The lowest BCUT2D eigenvalue weighted by atomic mass is 10.0. The van der Waals surface area contributed by atoms with Crippen molar-refractivity contribution in [2.45, 2.75) is 25.9 Å². The van der Waals surface area contributed by atoms with Crippen molar-refractivity contribution in [1.29, 1.82) is 0 Å². The molecular formula is C58H50Cl2N8O4. The number of ketones is 2. The molecule has 6 aromatic carbocycles. The molecule has 0 fully saturated rings. The molecule has 0 spiro atoms. The predicted octanol–water partition coefficient (Wildman–Crippen LogP) is 12.3. The van der Waals surface area contributed by atoms with Crippen molar-refractivity contribution in [2.75, 3.05) is 22.1 Å². The van der Waals surface area contributed by atoms with Gasteiger partial charge in [0.15, 0.2) is 11.6 Å². The Morgan fingerprint density at radius 1 is 0.458 bits per heavy atom. The first-order valence-electron chi connectivity index (χ1n) is 22.8. The summed E-state index contributed by atoms with van der Waals surface area (Å²) in [6.45, 7) is 0.978. The van der Waals surface area contributed by atoms with Crippen molar-refractivity contribution in [3.8, 4) is 22.5 Å². The van der Waals surface area contributed by atoms with Crippen LogP contribution in [0.25, 0.3) is 22.5 Å². The molecule has 9 aromatic rings. The zero-order valence-electron chi connectivity index (χ0n) is 38.9. The molecule has 8 N–H and O–H groups in total. The summed E-state index contributed by atoms with van der Waals surface area (Å²) in [4.78, 5) is 57.7. The average Bonchev–Trinajstić information content (AvgIpc) is 3.82. The second-order valence-electron chi connectivity index (χ2n) is 16.1. The molecule has 2 amide bonds. The SMILES string of the molecule is NCc1cccc(N)n1.Nc1cccc(Cn2c(-c3ccc(NC(=O)c4ccccc4)cc3)ccc2-c2ccccc2Cl)n1.O=C(CCC(=O)c1ccccc1Cl)c1ccc(NC(=O)c2ccccc2)cc1. The van der Waals surface area contributed by atoms with Crippen LogP contribution in [-0.2, 0) is 13.1 Å². The van der Waals surface area contributed by atoms with Crippen LogP contribution in [-0.4, -0.2) is 37.9 Å². The topological polar surface area (TPSA) is 201 Å². The fourth-order valence-corrected chi connectivity index (χ4v) is 7.87. The van der Waals surface area contributed by atoms with E-state index in [1.165, 1.54) is 0 Å². The van der Waals surface area contributed by atoms with Gasteiger partial charge in [0.2, 0.25) is 0 Å². The number of nitrogen functional groups attached to an aromatic ring is 2. The Hall–Kier alpha value is -8.68. The van der Waals surface area contributed by atoms with E-state index in [-0.39, 0.29) is 36.2 Å². The Balaban J connectivity index is 0.000000183. The largest absolute Gasteiger partial charge is 0.384 e. The normalized spacial score (nSPS) is 10.4. The molecule has 0 atom stereocenters. The first-order valence-corrected chi connectivity index (χ1v) is 23.5. The number of hydrogen-bond acceptors (Lipinski definition) is 9. The number of carbonyl (C=O) groups is 4. The lowest BCUT2D eigenvalue weighted by Crippen LogP contribution is -2.11. The van der Waals surface area contributed by atoms with Gasteiger partial charge >= 0.3 is 0 Å². The van der Waals surface area contributed by atoms with Gasteiger partial charge in [-0.3, -0.25) is 19.2 Å². The molecule has 0 unspecified atom stereocenters. The smallest absolute Gasteiger partial charge is 0.255 e. The van der Waals surface area contributed by atoms with Gasteiger partial charge in [0.1, 0.15) is 11.6 Å². The molecule has 9 rings (SSSR count). The lowest BCUT2D eigenvalue weighted by Gasteiger charge is -2.15. The van der Waals surface area contributed by atoms with Gasteiger partial charge in [-0.15, -0.1) is 0 Å². The number of anilines is 4. The van der Waals surface area contributed by atoms with Crippen LogP contribution < -0.4 is 27.8 Å². The van der Waals surface area contributed by atoms with Crippen molar-refractivity contribution in [3.05, 3.63) is 250 Å². The number of benzene rings is 6. The molecule has 72 heavy (non-hydrogen) atoms. The summed E-state index contributed by atoms with van der Waals surface area (Å²) in [5.74, 6) is 0.347. The molecule has 14 heteroatoms. The van der Waals surface area contributed by atoms with Gasteiger partial charge in [0.25, 0.3) is 11.8 Å². The van der Waals surface area contributed by atoms with Crippen molar-refractivity contribution in [1.82, 2.24) is 14.5 Å². The van der Waals surface area contributed by atoms with E-state index in [1.807, 2.05) is 97.1 Å². The number of pyridine rings is 2. The Morgan fingerprint density at radius 2 is 0.944 bits per heavy atom. The third-order valence-electron chi connectivity index (χ3n) is 11.0. The summed E-state index contributed by atoms with van der Waals surface area (Å²) >= 11 is 12.6. The van der Waals surface area contributed by atoms with Gasteiger partial charge in [-0.2, -0.15) is 0 Å². The zero-order valence-corrected chi connectivity index (χ0v) is 40.4. The first kappa shape index (κ1) is 51.2. The molecule has 0 bridgehead atoms. The van der Waals surface area contributed by atoms with Crippen molar-refractivity contribution >= 4 is 69.6 Å². The maximum absolute atomic E-state index is 12.5. The van der Waals surface area contributed by atoms with E-state index in [1.54, 1.807) is 97.1 Å². The standard InChI is InChI=1S/C29H23ClN4O.C23H18ClNO3.C6H9N3/c30-25-11-5-4-10-24(25)27-18-17-26(34(27)19-23-9-6-12-28(31)32-23)20-13-15-22(16-14-20)33-29(35)21-7-2-1-3-8-21;24-20-9-5-4-8-19(20)22(27)15-14-21(26)16-10-12-18(13-11-16)25-23(28)17-6-2-1-3-7-17;7-4-5-2-1-3-6(8)9-5/h1-18H,19H2,(H2,31,32)(H,33,35);1-13H,14-15H2,(H,25,28);1-3H,4,7H2,(H2,8,9). The fourth-order valence-electron chi connectivity index (χ4n) is 7.40. The third-order valence-corrected chi connectivity index (χ3v) is 11.7. The minimum absolute atomic E-state index is 0.0923. The van der Waals surface area contributed by atoms with Gasteiger partial charge in [-0.1, -0.05) is 114 Å². The predicted molar refractivity (Wildman–Crippen MR) is 289 cm³/mol. The van der Waals surface area contributed by atoms with E-state index >= 15 is 0 Å². The van der Waals surface area contributed by atoms with Crippen LogP contribution in [0.5, 0.6) is 0 Å². The van der Waals surface area contributed by atoms with Crippen LogP contribution >= 0.6 is 23.2 Å². The number of nitrogens with one attached hydrogen (secondary N) is 2. The fraction of sp³-hybridized carbons (Fsp3) is 0.0690. The lowest BCUT2D eigenvalue weighted by molar-refractivity contribution is 0.0917. The van der Waals surface area contributed by atoms with E-state index in [9.17, 15) is 19.2 Å². The highest BCUT2D eigenvalue weighted by atomic mass is 35.5. The van der Waals surface area contributed by atoms with Gasteiger partial charge in [0.05, 0.1) is 28.6 Å². The number of rotatable bonds is 14. The summed E-state index contributed by atoms with van der Waals surface area (Å²) in [5.41, 5.74) is 25.6. The Labute approximate surface area is 427 Å². The molecule has 0 aliphatic heterocycles. The molecule has 3 aromatic heterocycles. The van der Waals surface area contributed by atoms with E-state index in [4.69, 9.17) is 40.4 Å².